The Bertz CT molecular complexity index is 389. The van der Waals surface area contributed by atoms with Crippen LogP contribution in [0.5, 0.6) is 0 Å². The lowest BCUT2D eigenvalue weighted by atomic mass is 10.0. The van der Waals surface area contributed by atoms with E-state index in [0.29, 0.717) is 0 Å². The molecule has 0 aromatic rings. The SMILES string of the molecule is CCC#CCCCCCCCCO[Si]OC(C)(C)CCCCCCO[Si](C)C. The molecule has 0 saturated carbocycles. The fourth-order valence-corrected chi connectivity index (χ4v) is 3.99. The van der Waals surface area contributed by atoms with Crippen LogP contribution in [0.25, 0.3) is 0 Å². The van der Waals surface area contributed by atoms with Crippen molar-refractivity contribution in [2.75, 3.05) is 13.2 Å². The smallest absolute Gasteiger partial charge is 0.417 e. The van der Waals surface area contributed by atoms with Crippen LogP contribution in [0.3, 0.4) is 0 Å². The van der Waals surface area contributed by atoms with Crippen molar-refractivity contribution in [1.29, 1.82) is 0 Å². The molecule has 3 nitrogen and oxygen atoms in total. The minimum atomic E-state index is -0.514. The maximum absolute atomic E-state index is 5.95. The van der Waals surface area contributed by atoms with Crippen LogP contribution in [0, 0.1) is 11.8 Å². The lowest BCUT2D eigenvalue weighted by Crippen LogP contribution is -2.27. The Morgan fingerprint density at radius 1 is 0.786 bits per heavy atom. The Kier molecular flexibility index (Phi) is 20.1. The molecule has 0 bridgehead atoms. The summed E-state index contributed by atoms with van der Waals surface area (Å²) in [4.78, 5) is 0. The largest absolute Gasteiger partial charge is 0.433 e. The van der Waals surface area contributed by atoms with Crippen molar-refractivity contribution >= 4 is 19.0 Å². The molecule has 0 aromatic carbocycles. The highest BCUT2D eigenvalue weighted by Gasteiger charge is 2.18. The van der Waals surface area contributed by atoms with Crippen LogP contribution in [0.2, 0.25) is 13.1 Å². The lowest BCUT2D eigenvalue weighted by molar-refractivity contribution is 0.0699. The number of rotatable bonds is 19. The molecule has 163 valence electrons. The van der Waals surface area contributed by atoms with Crippen molar-refractivity contribution in [1.82, 2.24) is 0 Å². The average molecular weight is 426 g/mol. The monoisotopic (exact) mass is 425 g/mol. The fourth-order valence-electron chi connectivity index (χ4n) is 2.83. The Morgan fingerprint density at radius 3 is 2.07 bits per heavy atom. The van der Waals surface area contributed by atoms with Crippen LogP contribution in [-0.4, -0.2) is 37.9 Å². The number of hydrogen-bond donors (Lipinski definition) is 0. The first-order valence-electron chi connectivity index (χ1n) is 11.4. The standard InChI is InChI=1S/C23H45O3Si2/c1-6-7-8-9-10-11-12-13-15-18-21-24-27-26-23(2,3)20-17-14-16-19-22-25-28(4)5/h6,9-22H2,1-5H3. The summed E-state index contributed by atoms with van der Waals surface area (Å²) in [5, 5.41) is 0. The highest BCUT2D eigenvalue weighted by atomic mass is 28.3. The van der Waals surface area contributed by atoms with Gasteiger partial charge in [0.1, 0.15) is 0 Å². The molecule has 0 aliphatic carbocycles. The summed E-state index contributed by atoms with van der Waals surface area (Å²) in [6, 6.07) is 0. The van der Waals surface area contributed by atoms with Gasteiger partial charge in [-0.15, -0.1) is 11.8 Å². The summed E-state index contributed by atoms with van der Waals surface area (Å²) < 4.78 is 17.3. The van der Waals surface area contributed by atoms with Crippen LogP contribution in [0.15, 0.2) is 0 Å². The first-order valence-corrected chi connectivity index (χ1v) is 14.6. The zero-order valence-electron chi connectivity index (χ0n) is 19.3. The van der Waals surface area contributed by atoms with Gasteiger partial charge in [0.25, 0.3) is 0 Å². The molecule has 28 heavy (non-hydrogen) atoms. The van der Waals surface area contributed by atoms with Crippen molar-refractivity contribution < 1.29 is 13.3 Å². The van der Waals surface area contributed by atoms with E-state index in [9.17, 15) is 0 Å². The number of unbranched alkanes of at least 4 members (excludes halogenated alkanes) is 9. The first kappa shape index (κ1) is 27.9. The maximum Gasteiger partial charge on any atom is 0.433 e. The lowest BCUT2D eigenvalue weighted by Gasteiger charge is -2.24. The Labute approximate surface area is 180 Å². The molecule has 0 aliphatic heterocycles. The van der Waals surface area contributed by atoms with E-state index in [-0.39, 0.29) is 15.6 Å². The molecular formula is C23H45O3Si2. The van der Waals surface area contributed by atoms with Gasteiger partial charge in [0, 0.05) is 26.1 Å². The average Bonchev–Trinajstić information content (AvgIpc) is 2.64. The van der Waals surface area contributed by atoms with E-state index in [4.69, 9.17) is 13.3 Å². The molecule has 0 heterocycles. The van der Waals surface area contributed by atoms with E-state index in [1.54, 1.807) is 0 Å². The molecule has 0 fully saturated rings. The van der Waals surface area contributed by atoms with Gasteiger partial charge in [-0.25, -0.2) is 0 Å². The van der Waals surface area contributed by atoms with Gasteiger partial charge in [-0.1, -0.05) is 51.9 Å². The molecule has 3 radical (unpaired) electrons. The molecular weight excluding hydrogens is 380 g/mol. The molecule has 0 aliphatic rings. The van der Waals surface area contributed by atoms with Crippen molar-refractivity contribution in [3.63, 3.8) is 0 Å². The van der Waals surface area contributed by atoms with Crippen molar-refractivity contribution in [2.45, 2.75) is 123 Å². The second kappa shape index (κ2) is 20.2. The van der Waals surface area contributed by atoms with Gasteiger partial charge >= 0.3 is 10.0 Å². The molecule has 0 rings (SSSR count). The van der Waals surface area contributed by atoms with Crippen LogP contribution in [0.1, 0.15) is 104 Å². The molecule has 0 saturated heterocycles. The zero-order valence-corrected chi connectivity index (χ0v) is 21.3. The minimum Gasteiger partial charge on any atom is -0.417 e. The highest BCUT2D eigenvalue weighted by Crippen LogP contribution is 2.18. The molecule has 0 aromatic heterocycles. The van der Waals surface area contributed by atoms with E-state index >= 15 is 0 Å². The molecule has 0 N–H and O–H groups in total. The predicted octanol–water partition coefficient (Wildman–Crippen LogP) is 6.69. The van der Waals surface area contributed by atoms with Crippen molar-refractivity contribution in [3.05, 3.63) is 0 Å². The van der Waals surface area contributed by atoms with Gasteiger partial charge in [-0.3, -0.25) is 0 Å². The van der Waals surface area contributed by atoms with E-state index in [1.165, 1.54) is 57.8 Å². The first-order chi connectivity index (χ1) is 13.5. The second-order valence-corrected chi connectivity index (χ2v) is 11.1. The Balaban J connectivity index is 3.35. The predicted molar refractivity (Wildman–Crippen MR) is 124 cm³/mol. The Morgan fingerprint density at radius 2 is 1.39 bits per heavy atom. The summed E-state index contributed by atoms with van der Waals surface area (Å²) >= 11 is 0. The molecule has 0 spiro atoms. The normalized spacial score (nSPS) is 11.6. The highest BCUT2D eigenvalue weighted by molar-refractivity contribution is 6.48. The van der Waals surface area contributed by atoms with Gasteiger partial charge in [-0.2, -0.15) is 0 Å². The molecule has 0 amide bonds. The quantitative estimate of drug-likeness (QED) is 0.131. The van der Waals surface area contributed by atoms with Gasteiger partial charge in [0.05, 0.1) is 5.60 Å². The third-order valence-electron chi connectivity index (χ3n) is 4.54. The zero-order chi connectivity index (χ0) is 20.9. The van der Waals surface area contributed by atoms with Crippen LogP contribution >= 0.6 is 0 Å². The van der Waals surface area contributed by atoms with Crippen LogP contribution < -0.4 is 0 Å². The summed E-state index contributed by atoms with van der Waals surface area (Å²) in [6.45, 7) is 12.6. The van der Waals surface area contributed by atoms with Crippen molar-refractivity contribution in [2.24, 2.45) is 0 Å². The van der Waals surface area contributed by atoms with E-state index in [0.717, 1.165) is 38.9 Å². The molecule has 5 heteroatoms. The summed E-state index contributed by atoms with van der Waals surface area (Å²) in [6.07, 6.45) is 15.7. The second-order valence-electron chi connectivity index (χ2n) is 8.29. The van der Waals surface area contributed by atoms with Gasteiger partial charge in [0.2, 0.25) is 9.04 Å². The molecule has 0 unspecified atom stereocenters. The van der Waals surface area contributed by atoms with E-state index < -0.39 is 9.04 Å². The van der Waals surface area contributed by atoms with Gasteiger partial charge in [0.15, 0.2) is 0 Å². The van der Waals surface area contributed by atoms with Crippen LogP contribution in [-0.2, 0) is 13.3 Å². The van der Waals surface area contributed by atoms with E-state index in [1.807, 2.05) is 0 Å². The van der Waals surface area contributed by atoms with Crippen LogP contribution in [0.4, 0.5) is 0 Å². The minimum absolute atomic E-state index is 0.0708. The third kappa shape index (κ3) is 22.2. The van der Waals surface area contributed by atoms with Crippen molar-refractivity contribution in [3.8, 4) is 11.8 Å². The molecule has 0 atom stereocenters. The topological polar surface area (TPSA) is 27.7 Å². The summed E-state index contributed by atoms with van der Waals surface area (Å²) in [5.41, 5.74) is -0.0708. The van der Waals surface area contributed by atoms with E-state index in [2.05, 4.69) is 45.7 Å². The third-order valence-corrected chi connectivity index (χ3v) is 6.28. The Hall–Kier alpha value is -0.126. The summed E-state index contributed by atoms with van der Waals surface area (Å²) in [7, 11) is -0.342. The van der Waals surface area contributed by atoms with Gasteiger partial charge < -0.3 is 13.3 Å². The summed E-state index contributed by atoms with van der Waals surface area (Å²) in [5.74, 6) is 6.35. The fraction of sp³-hybridized carbons (Fsp3) is 0.913. The van der Waals surface area contributed by atoms with Gasteiger partial charge in [-0.05, 0) is 52.6 Å². The maximum atomic E-state index is 5.95. The number of hydrogen-bond acceptors (Lipinski definition) is 3.